The van der Waals surface area contributed by atoms with Gasteiger partial charge in [-0.15, -0.1) is 0 Å². The van der Waals surface area contributed by atoms with Crippen LogP contribution in [0.1, 0.15) is 82.3 Å². The Hall–Kier alpha value is -7.88. The molecule has 27 heteroatoms. The zero-order chi connectivity index (χ0) is 55.7. The number of hydrogen-bond donors (Lipinski definition) is 19. The van der Waals surface area contributed by atoms with Gasteiger partial charge in [0.15, 0.2) is 11.9 Å². The lowest BCUT2D eigenvalue weighted by Gasteiger charge is -2.32. The average Bonchev–Trinajstić information content (AvgIpc) is 3.77. The number of aliphatic hydroxyl groups excluding tert-OH is 2. The van der Waals surface area contributed by atoms with E-state index in [0.717, 1.165) is 10.9 Å². The molecule has 0 radical (unpaired) electrons. The lowest BCUT2D eigenvalue weighted by molar-refractivity contribution is -0.134. The number of nitrogens with one attached hydrogen (secondary N) is 13. The van der Waals surface area contributed by atoms with Crippen LogP contribution in [0.5, 0.6) is 0 Å². The molecule has 1 saturated heterocycles. The Morgan fingerprint density at radius 3 is 2.08 bits per heavy atom. The summed E-state index contributed by atoms with van der Waals surface area (Å²) in [6.45, 7) is 1.54. The Morgan fingerprint density at radius 2 is 1.41 bits per heavy atom. The molecule has 1 aromatic heterocycles. The highest BCUT2D eigenvalue weighted by Gasteiger charge is 2.35. The number of H-pyrrole nitrogens is 1. The van der Waals surface area contributed by atoms with Gasteiger partial charge in [0.05, 0.1) is 30.6 Å². The SMILES string of the molecule is CC(=O)N[C@H](CCCNC(=N)N)C(O)N[C@H]1CC(=O)NCCCC[C@@H](C(N)=O)NC(=O)[C@H](Cc2c[nH]c3ccccc23)NC(=O)[C@H](CCCNC(=N)N)NC(=O)[C@@H](Cc2ccccc2)NC(O)[C@H](CCC(N)=O)NC1=O. The molecule has 76 heavy (non-hydrogen) atoms. The molecule has 27 nitrogen and oxygen atoms in total. The van der Waals surface area contributed by atoms with E-state index in [1.165, 1.54) is 6.92 Å². The maximum absolute atomic E-state index is 14.7. The van der Waals surface area contributed by atoms with Crippen LogP contribution < -0.4 is 76.1 Å². The quantitative estimate of drug-likeness (QED) is 0.0221. The van der Waals surface area contributed by atoms with E-state index in [4.69, 9.17) is 33.8 Å². The first-order chi connectivity index (χ1) is 36.2. The molecular weight excluding hydrogens is 987 g/mol. The van der Waals surface area contributed by atoms with E-state index in [0.29, 0.717) is 17.5 Å². The number of carbonyl (C=O) groups is 8. The number of benzene rings is 2. The first-order valence-corrected chi connectivity index (χ1v) is 25.2. The predicted octanol–water partition coefficient (Wildman–Crippen LogP) is -4.08. The minimum atomic E-state index is -1.83. The molecule has 2 unspecified atom stereocenters. The minimum absolute atomic E-state index is 0.0165. The number of carbonyl (C=O) groups excluding carboxylic acids is 8. The summed E-state index contributed by atoms with van der Waals surface area (Å²) in [5, 5.41) is 66.2. The number of primary amides is 2. The smallest absolute Gasteiger partial charge is 0.243 e. The van der Waals surface area contributed by atoms with Crippen LogP contribution in [-0.2, 0) is 51.2 Å². The second-order valence-corrected chi connectivity index (χ2v) is 18.6. The van der Waals surface area contributed by atoms with Crippen molar-refractivity contribution in [1.29, 1.82) is 10.8 Å². The van der Waals surface area contributed by atoms with Gasteiger partial charge < -0.3 is 80.7 Å². The molecule has 2 aromatic carbocycles. The molecule has 0 bridgehead atoms. The molecule has 8 amide bonds. The second-order valence-electron chi connectivity index (χ2n) is 18.6. The van der Waals surface area contributed by atoms with Crippen LogP contribution >= 0.6 is 0 Å². The van der Waals surface area contributed by atoms with Gasteiger partial charge in [-0.2, -0.15) is 0 Å². The van der Waals surface area contributed by atoms with Crippen molar-refractivity contribution in [2.45, 2.75) is 139 Å². The Morgan fingerprint density at radius 1 is 0.763 bits per heavy atom. The van der Waals surface area contributed by atoms with Crippen molar-refractivity contribution >= 4 is 70.1 Å². The monoisotopic (exact) mass is 1060 g/mol. The number of fused-ring (bicyclic) bond motifs is 1. The van der Waals surface area contributed by atoms with Crippen LogP contribution in [0, 0.1) is 10.8 Å². The molecule has 4 rings (SSSR count). The van der Waals surface area contributed by atoms with E-state index in [1.807, 2.05) is 18.2 Å². The van der Waals surface area contributed by atoms with Gasteiger partial charge in [0.1, 0.15) is 30.6 Å². The van der Waals surface area contributed by atoms with Gasteiger partial charge in [-0.05, 0) is 75.0 Å². The normalized spacial score (nSPS) is 22.5. The average molecular weight is 1060 g/mol. The molecule has 1 aliphatic heterocycles. The molecular formula is C49H75N17O10. The van der Waals surface area contributed by atoms with E-state index in [1.54, 1.807) is 42.6 Å². The molecule has 3 aromatic rings. The lowest BCUT2D eigenvalue weighted by atomic mass is 10.0. The van der Waals surface area contributed by atoms with E-state index in [-0.39, 0.29) is 95.8 Å². The lowest BCUT2D eigenvalue weighted by Crippen LogP contribution is -2.62. The van der Waals surface area contributed by atoms with E-state index < -0.39 is 108 Å². The van der Waals surface area contributed by atoms with Crippen molar-refractivity contribution in [3.05, 3.63) is 71.9 Å². The highest BCUT2D eigenvalue weighted by molar-refractivity contribution is 5.95. The summed E-state index contributed by atoms with van der Waals surface area (Å²) in [5.74, 6) is -6.87. The number of rotatable bonds is 20. The highest BCUT2D eigenvalue weighted by Crippen LogP contribution is 2.20. The molecule has 2 heterocycles. The number of aromatic amines is 1. The van der Waals surface area contributed by atoms with Crippen molar-refractivity contribution in [2.24, 2.45) is 22.9 Å². The Bertz CT molecular complexity index is 2460. The Balaban J connectivity index is 1.77. The molecule has 1 fully saturated rings. The van der Waals surface area contributed by atoms with E-state index in [2.05, 4.69) is 58.2 Å². The molecule has 1 aliphatic rings. The van der Waals surface area contributed by atoms with Gasteiger partial charge in [-0.3, -0.25) is 59.8 Å². The first-order valence-electron chi connectivity index (χ1n) is 25.2. The minimum Gasteiger partial charge on any atom is -0.376 e. The Kier molecular flexibility index (Phi) is 24.8. The first kappa shape index (κ1) is 60.7. The largest absolute Gasteiger partial charge is 0.376 e. The summed E-state index contributed by atoms with van der Waals surface area (Å²) >= 11 is 0. The highest BCUT2D eigenvalue weighted by atomic mass is 16.3. The summed E-state index contributed by atoms with van der Waals surface area (Å²) in [7, 11) is 0. The van der Waals surface area contributed by atoms with Gasteiger partial charge in [0.2, 0.25) is 47.3 Å². The molecule has 23 N–H and O–H groups in total. The van der Waals surface area contributed by atoms with Crippen LogP contribution in [0.15, 0.2) is 60.8 Å². The van der Waals surface area contributed by atoms with E-state index in [9.17, 15) is 48.6 Å². The predicted molar refractivity (Wildman–Crippen MR) is 281 cm³/mol. The maximum Gasteiger partial charge on any atom is 0.243 e. The van der Waals surface area contributed by atoms with Gasteiger partial charge >= 0.3 is 0 Å². The number of hydrogen-bond acceptors (Lipinski definition) is 14. The summed E-state index contributed by atoms with van der Waals surface area (Å²) in [4.78, 5) is 112. The molecule has 0 spiro atoms. The number of amides is 8. The summed E-state index contributed by atoms with van der Waals surface area (Å²) in [6, 6.07) is 6.58. The zero-order valence-electron chi connectivity index (χ0n) is 42.5. The van der Waals surface area contributed by atoms with Gasteiger partial charge in [0, 0.05) is 56.5 Å². The van der Waals surface area contributed by atoms with Gasteiger partial charge in [-0.1, -0.05) is 48.5 Å². The topological polar surface area (TPSA) is 465 Å². The van der Waals surface area contributed by atoms with Gasteiger partial charge in [0.25, 0.3) is 0 Å². The molecule has 0 aliphatic carbocycles. The molecule has 416 valence electrons. The van der Waals surface area contributed by atoms with Crippen molar-refractivity contribution in [3.63, 3.8) is 0 Å². The zero-order valence-corrected chi connectivity index (χ0v) is 42.5. The summed E-state index contributed by atoms with van der Waals surface area (Å²) < 4.78 is 0. The van der Waals surface area contributed by atoms with Crippen molar-refractivity contribution < 1.29 is 48.6 Å². The fourth-order valence-corrected chi connectivity index (χ4v) is 8.54. The third kappa shape index (κ3) is 21.2. The van der Waals surface area contributed by atoms with E-state index >= 15 is 0 Å². The number of nitrogens with two attached hydrogens (primary N) is 4. The Labute approximate surface area is 439 Å². The van der Waals surface area contributed by atoms with Crippen LogP contribution in [0.4, 0.5) is 0 Å². The number of aromatic nitrogens is 1. The van der Waals surface area contributed by atoms with Crippen LogP contribution in [0.2, 0.25) is 0 Å². The van der Waals surface area contributed by atoms with Crippen molar-refractivity contribution in [3.8, 4) is 0 Å². The second kappa shape index (κ2) is 31.1. The third-order valence-electron chi connectivity index (χ3n) is 12.5. The molecule has 9 atom stereocenters. The van der Waals surface area contributed by atoms with Crippen LogP contribution in [0.25, 0.3) is 10.9 Å². The summed E-state index contributed by atoms with van der Waals surface area (Å²) in [6.07, 6.45) is -2.26. The van der Waals surface area contributed by atoms with Crippen LogP contribution in [-0.4, -0.2) is 149 Å². The maximum atomic E-state index is 14.7. The third-order valence-corrected chi connectivity index (χ3v) is 12.5. The van der Waals surface area contributed by atoms with Gasteiger partial charge in [-0.25, -0.2) is 0 Å². The number of aliphatic hydroxyl groups is 2. The number of guanidine groups is 2. The number of para-hydroxylation sites is 1. The molecule has 0 saturated carbocycles. The van der Waals surface area contributed by atoms with Crippen LogP contribution in [0.3, 0.4) is 0 Å². The van der Waals surface area contributed by atoms with Crippen molar-refractivity contribution in [1.82, 2.24) is 58.2 Å². The fourth-order valence-electron chi connectivity index (χ4n) is 8.54. The fraction of sp³-hybridized carbons (Fsp3) is 0.510. The van der Waals surface area contributed by atoms with Crippen molar-refractivity contribution in [2.75, 3.05) is 19.6 Å². The summed E-state index contributed by atoms with van der Waals surface area (Å²) in [5.41, 5.74) is 24.2. The standard InChI is InChI=1S/C49H75N17O10/c1-27(67)60-33(16-9-21-57-48(52)53)42(71)66-38-25-40(69)56-20-8-7-15-32(41(51)70)61-46(75)37(24-29-26-59-31-14-6-5-13-30(29)31)65-43(72)34(17-10-22-58-49(54)55)62-45(74)36(23-28-11-3-2-4-12-28)64-44(73)35(63-47(38)76)18-19-39(50)68/h2-6,11-14,26,32-38,42,44,59,64,66,71,73H,7-10,15-25H2,1H3,(H2,50,68)(H2,51,70)(H,56,69)(H,60,67)(H,61,75)(H,62,74)(H,63,76)(H,65,72)(H4,52,53,57)(H4,54,55,58)/t32-,33+,34-,35-,36+,37-,38-,42?,44?/m0/s1.